The molecule has 0 saturated carbocycles. The fourth-order valence-electron chi connectivity index (χ4n) is 6.31. The molecule has 2 rings (SSSR count). The van der Waals surface area contributed by atoms with Crippen molar-refractivity contribution in [3.8, 4) is 0 Å². The lowest BCUT2D eigenvalue weighted by Gasteiger charge is -2.36. The summed E-state index contributed by atoms with van der Waals surface area (Å²) in [6.07, 6.45) is 5.01. The Hall–Kier alpha value is -2.00. The minimum absolute atomic E-state index is 0.0320. The van der Waals surface area contributed by atoms with Crippen molar-refractivity contribution in [3.63, 3.8) is 0 Å². The Kier molecular flexibility index (Phi) is 12.6. The fourth-order valence-corrected chi connectivity index (χ4v) is 6.31. The van der Waals surface area contributed by atoms with Crippen molar-refractivity contribution in [2.24, 2.45) is 0 Å². The maximum atomic E-state index is 13.7. The summed E-state index contributed by atoms with van der Waals surface area (Å²) in [5, 5.41) is 3.55. The highest BCUT2D eigenvalue weighted by Gasteiger charge is 2.44. The highest BCUT2D eigenvalue weighted by Crippen LogP contribution is 2.28. The smallest absolute Gasteiger partial charge is 0.246 e. The summed E-state index contributed by atoms with van der Waals surface area (Å²) in [7, 11) is 0. The number of likely N-dealkylation sites (N-methyl/N-ethyl adjacent to an activating group) is 1. The van der Waals surface area contributed by atoms with Gasteiger partial charge in [0, 0.05) is 44.2 Å². The first-order valence-electron chi connectivity index (χ1n) is 15.5. The Labute approximate surface area is 242 Å². The van der Waals surface area contributed by atoms with Crippen LogP contribution in [-0.4, -0.2) is 99.8 Å². The van der Waals surface area contributed by atoms with Crippen LogP contribution < -0.4 is 5.32 Å². The number of ketones is 1. The molecule has 0 aromatic heterocycles. The van der Waals surface area contributed by atoms with Gasteiger partial charge in [0.25, 0.3) is 0 Å². The molecule has 2 aliphatic rings. The average molecular weight is 565 g/mol. The molecular formula is C31H56N4O5. The molecule has 3 unspecified atom stereocenters. The number of carbonyl (C=O) groups excluding carboxylic acids is 4. The van der Waals surface area contributed by atoms with E-state index >= 15 is 0 Å². The van der Waals surface area contributed by atoms with Gasteiger partial charge in [-0.05, 0) is 86.5 Å². The Balaban J connectivity index is 1.99. The zero-order chi connectivity index (χ0) is 30.3. The minimum Gasteiger partial charge on any atom is -0.375 e. The van der Waals surface area contributed by atoms with Crippen LogP contribution in [0.15, 0.2) is 0 Å². The third-order valence-electron chi connectivity index (χ3n) is 8.38. The normalized spacial score (nSPS) is 20.8. The predicted molar refractivity (Wildman–Crippen MR) is 158 cm³/mol. The van der Waals surface area contributed by atoms with Crippen molar-refractivity contribution in [1.29, 1.82) is 0 Å². The lowest BCUT2D eigenvalue weighted by Crippen LogP contribution is -2.55. The summed E-state index contributed by atoms with van der Waals surface area (Å²) in [6, 6.07) is -1.18. The summed E-state index contributed by atoms with van der Waals surface area (Å²) in [5.74, 6) is -0.362. The highest BCUT2D eigenvalue weighted by molar-refractivity contribution is 5.95. The largest absolute Gasteiger partial charge is 0.375 e. The van der Waals surface area contributed by atoms with Gasteiger partial charge in [-0.25, -0.2) is 0 Å². The maximum absolute atomic E-state index is 13.7. The van der Waals surface area contributed by atoms with E-state index in [9.17, 15) is 19.2 Å². The maximum Gasteiger partial charge on any atom is 0.246 e. The summed E-state index contributed by atoms with van der Waals surface area (Å²) in [5.41, 5.74) is -0.485. The topological polar surface area (TPSA) is 99.3 Å². The van der Waals surface area contributed by atoms with Gasteiger partial charge in [-0.15, -0.1) is 0 Å². The molecule has 9 nitrogen and oxygen atoms in total. The second kappa shape index (κ2) is 14.8. The Morgan fingerprint density at radius 3 is 2.10 bits per heavy atom. The van der Waals surface area contributed by atoms with E-state index in [4.69, 9.17) is 4.74 Å². The number of nitrogens with zero attached hydrogens (tertiary/aromatic N) is 3. The molecule has 3 amide bonds. The highest BCUT2D eigenvalue weighted by atomic mass is 16.5. The van der Waals surface area contributed by atoms with Crippen LogP contribution in [0.4, 0.5) is 0 Å². The van der Waals surface area contributed by atoms with Crippen LogP contribution in [0.3, 0.4) is 0 Å². The van der Waals surface area contributed by atoms with E-state index in [-0.39, 0.29) is 29.0 Å². The quantitative estimate of drug-likeness (QED) is 0.324. The van der Waals surface area contributed by atoms with Crippen LogP contribution in [0, 0.1) is 0 Å². The number of rotatable bonds is 15. The van der Waals surface area contributed by atoms with E-state index in [1.807, 2.05) is 27.7 Å². The predicted octanol–water partition coefficient (Wildman–Crippen LogP) is 3.93. The van der Waals surface area contributed by atoms with E-state index in [0.717, 1.165) is 19.3 Å². The van der Waals surface area contributed by atoms with E-state index in [1.54, 1.807) is 14.7 Å². The second-order valence-corrected chi connectivity index (χ2v) is 13.1. The van der Waals surface area contributed by atoms with E-state index < -0.39 is 23.7 Å². The number of nitrogens with one attached hydrogen (secondary N) is 1. The van der Waals surface area contributed by atoms with Crippen molar-refractivity contribution >= 4 is 23.5 Å². The molecule has 2 aliphatic heterocycles. The Morgan fingerprint density at radius 1 is 0.950 bits per heavy atom. The SMILES string of the molecule is CCC(C(C)=O)N(CC)C(=O)C1CCCN1C(=O)C1CCCN1C(=O)CCC(C)(C)OCCC(C)(C)NC(C)C. The molecule has 3 atom stereocenters. The number of ether oxygens (including phenoxy) is 1. The molecule has 2 heterocycles. The van der Waals surface area contributed by atoms with Crippen LogP contribution in [0.25, 0.3) is 0 Å². The van der Waals surface area contributed by atoms with Gasteiger partial charge in [-0.2, -0.15) is 0 Å². The van der Waals surface area contributed by atoms with Gasteiger partial charge in [0.2, 0.25) is 17.7 Å². The van der Waals surface area contributed by atoms with Gasteiger partial charge >= 0.3 is 0 Å². The molecule has 0 aromatic rings. The van der Waals surface area contributed by atoms with Crippen LogP contribution in [0.5, 0.6) is 0 Å². The number of carbonyl (C=O) groups is 4. The molecule has 2 fully saturated rings. The summed E-state index contributed by atoms with van der Waals surface area (Å²) < 4.78 is 6.18. The molecule has 1 N–H and O–H groups in total. The van der Waals surface area contributed by atoms with Crippen molar-refractivity contribution < 1.29 is 23.9 Å². The van der Waals surface area contributed by atoms with Crippen LogP contribution in [-0.2, 0) is 23.9 Å². The molecular weight excluding hydrogens is 508 g/mol. The molecule has 9 heteroatoms. The third-order valence-corrected chi connectivity index (χ3v) is 8.38. The zero-order valence-electron chi connectivity index (χ0n) is 26.7. The van der Waals surface area contributed by atoms with Gasteiger partial charge in [0.1, 0.15) is 12.1 Å². The summed E-state index contributed by atoms with van der Waals surface area (Å²) >= 11 is 0. The van der Waals surface area contributed by atoms with Gasteiger partial charge in [-0.3, -0.25) is 19.2 Å². The number of hydrogen-bond acceptors (Lipinski definition) is 6. The number of Topliss-reactive ketones (excluding diaryl/α,β-unsaturated/α-hetero) is 1. The van der Waals surface area contributed by atoms with Crippen molar-refractivity contribution in [3.05, 3.63) is 0 Å². The molecule has 230 valence electrons. The lowest BCUT2D eigenvalue weighted by molar-refractivity contribution is -0.151. The van der Waals surface area contributed by atoms with Gasteiger partial charge in [0.05, 0.1) is 11.6 Å². The molecule has 0 spiro atoms. The molecule has 0 aromatic carbocycles. The summed E-state index contributed by atoms with van der Waals surface area (Å²) in [4.78, 5) is 57.8. The number of amides is 3. The summed E-state index contributed by atoms with van der Waals surface area (Å²) in [6.45, 7) is 20.0. The average Bonchev–Trinajstić information content (AvgIpc) is 3.54. The van der Waals surface area contributed by atoms with E-state index in [1.165, 1.54) is 6.92 Å². The second-order valence-electron chi connectivity index (χ2n) is 13.1. The van der Waals surface area contributed by atoms with Crippen molar-refractivity contribution in [2.75, 3.05) is 26.2 Å². The fraction of sp³-hybridized carbons (Fsp3) is 0.871. The monoisotopic (exact) mass is 564 g/mol. The first-order chi connectivity index (χ1) is 18.6. The number of hydrogen-bond donors (Lipinski definition) is 1. The van der Waals surface area contributed by atoms with Crippen LogP contribution >= 0.6 is 0 Å². The van der Waals surface area contributed by atoms with E-state index in [0.29, 0.717) is 64.4 Å². The van der Waals surface area contributed by atoms with Crippen molar-refractivity contribution in [2.45, 2.75) is 149 Å². The first kappa shape index (κ1) is 34.2. The third kappa shape index (κ3) is 9.26. The lowest BCUT2D eigenvalue weighted by atomic mass is 9.99. The Bertz CT molecular complexity index is 887. The van der Waals surface area contributed by atoms with Crippen LogP contribution in [0.2, 0.25) is 0 Å². The molecule has 0 radical (unpaired) electrons. The first-order valence-corrected chi connectivity index (χ1v) is 15.5. The zero-order valence-corrected chi connectivity index (χ0v) is 26.7. The molecule has 2 saturated heterocycles. The molecule has 0 aliphatic carbocycles. The van der Waals surface area contributed by atoms with Gasteiger partial charge in [0.15, 0.2) is 5.78 Å². The van der Waals surface area contributed by atoms with Gasteiger partial charge in [-0.1, -0.05) is 20.8 Å². The van der Waals surface area contributed by atoms with E-state index in [2.05, 4.69) is 33.0 Å². The minimum atomic E-state index is -0.569. The van der Waals surface area contributed by atoms with Crippen LogP contribution in [0.1, 0.15) is 114 Å². The molecule has 40 heavy (non-hydrogen) atoms. The Morgan fingerprint density at radius 2 is 1.55 bits per heavy atom. The number of likely N-dealkylation sites (tertiary alicyclic amines) is 2. The standard InChI is InChI=1S/C31H56N4O5/c1-10-24(23(5)36)33(11-2)28(38)26-15-13-20-35(26)29(39)25-14-12-19-34(25)27(37)16-17-31(8,9)40-21-18-30(6,7)32-22(3)4/h22,24-26,32H,10-21H2,1-9H3. The van der Waals surface area contributed by atoms with Gasteiger partial charge < -0.3 is 24.8 Å². The molecule has 0 bridgehead atoms. The van der Waals surface area contributed by atoms with Crippen molar-refractivity contribution in [1.82, 2.24) is 20.0 Å².